The molecule has 0 heterocycles. The summed E-state index contributed by atoms with van der Waals surface area (Å²) in [6.07, 6.45) is 5.72. The van der Waals surface area contributed by atoms with Gasteiger partial charge in [-0.05, 0) is 62.1 Å². The third-order valence-electron chi connectivity index (χ3n) is 4.38. The third kappa shape index (κ3) is 2.74. The van der Waals surface area contributed by atoms with Crippen molar-refractivity contribution in [2.45, 2.75) is 38.7 Å². The van der Waals surface area contributed by atoms with E-state index in [1.807, 2.05) is 0 Å². The van der Waals surface area contributed by atoms with Crippen molar-refractivity contribution in [3.8, 4) is 17.6 Å². The summed E-state index contributed by atoms with van der Waals surface area (Å²) in [4.78, 5) is 0. The molecule has 2 bridgehead atoms. The van der Waals surface area contributed by atoms with Gasteiger partial charge in [-0.1, -0.05) is 17.9 Å². The van der Waals surface area contributed by atoms with E-state index in [0.29, 0.717) is 12.0 Å². The fourth-order valence-corrected chi connectivity index (χ4v) is 3.53. The minimum absolute atomic E-state index is 0.363. The maximum absolute atomic E-state index is 6.25. The Kier molecular flexibility index (Phi) is 3.71. The van der Waals surface area contributed by atoms with Gasteiger partial charge in [0.15, 0.2) is 0 Å². The van der Waals surface area contributed by atoms with E-state index < -0.39 is 0 Å². The van der Waals surface area contributed by atoms with Gasteiger partial charge in [0.05, 0.1) is 11.4 Å². The number of hydrogen-bond donors (Lipinski definition) is 0. The standard InChI is InChI=1S/C17H19ClO/c1-12-4-7-16(14(9-12)3-2-8-18)19-17-11-13-5-6-15(17)10-13/h4,7,9,13,15,17H,5-6,8,10-11H2,1H3. The van der Waals surface area contributed by atoms with E-state index in [4.69, 9.17) is 16.3 Å². The molecule has 100 valence electrons. The lowest BCUT2D eigenvalue weighted by molar-refractivity contribution is 0.138. The van der Waals surface area contributed by atoms with Crippen LogP contribution in [0.2, 0.25) is 0 Å². The number of hydrogen-bond acceptors (Lipinski definition) is 1. The number of fused-ring (bicyclic) bond motifs is 2. The van der Waals surface area contributed by atoms with Gasteiger partial charge in [-0.3, -0.25) is 0 Å². The first-order valence-corrected chi connectivity index (χ1v) is 7.62. The highest BCUT2D eigenvalue weighted by Crippen LogP contribution is 2.46. The van der Waals surface area contributed by atoms with Crippen LogP contribution in [-0.2, 0) is 0 Å². The second-order valence-electron chi connectivity index (χ2n) is 5.77. The molecule has 1 aromatic rings. The highest BCUT2D eigenvalue weighted by Gasteiger charge is 2.41. The highest BCUT2D eigenvalue weighted by atomic mass is 35.5. The molecule has 19 heavy (non-hydrogen) atoms. The molecule has 0 radical (unpaired) electrons. The Morgan fingerprint density at radius 1 is 1.32 bits per heavy atom. The van der Waals surface area contributed by atoms with Crippen LogP contribution in [0.3, 0.4) is 0 Å². The number of alkyl halides is 1. The maximum atomic E-state index is 6.25. The summed E-state index contributed by atoms with van der Waals surface area (Å²) < 4.78 is 6.25. The number of aryl methyl sites for hydroxylation is 1. The zero-order chi connectivity index (χ0) is 13.2. The topological polar surface area (TPSA) is 9.23 Å². The van der Waals surface area contributed by atoms with Crippen molar-refractivity contribution in [1.82, 2.24) is 0 Å². The Morgan fingerprint density at radius 3 is 2.89 bits per heavy atom. The van der Waals surface area contributed by atoms with E-state index in [1.165, 1.54) is 31.2 Å². The Balaban J connectivity index is 1.80. The fourth-order valence-electron chi connectivity index (χ4n) is 3.47. The number of benzene rings is 1. The molecule has 2 aliphatic rings. The van der Waals surface area contributed by atoms with Gasteiger partial charge in [0, 0.05) is 0 Å². The van der Waals surface area contributed by atoms with Gasteiger partial charge >= 0.3 is 0 Å². The summed E-state index contributed by atoms with van der Waals surface area (Å²) >= 11 is 5.65. The van der Waals surface area contributed by atoms with E-state index in [9.17, 15) is 0 Å². The summed E-state index contributed by atoms with van der Waals surface area (Å²) in [6, 6.07) is 6.23. The summed E-state index contributed by atoms with van der Waals surface area (Å²) in [5.74, 6) is 9.00. The lowest BCUT2D eigenvalue weighted by Crippen LogP contribution is -2.23. The van der Waals surface area contributed by atoms with E-state index in [0.717, 1.165) is 23.1 Å². The quantitative estimate of drug-likeness (QED) is 0.581. The molecule has 2 saturated carbocycles. The van der Waals surface area contributed by atoms with Crippen molar-refractivity contribution < 1.29 is 4.74 Å². The average Bonchev–Trinajstić information content (AvgIpc) is 3.01. The summed E-state index contributed by atoms with van der Waals surface area (Å²) in [5.41, 5.74) is 2.18. The van der Waals surface area contributed by atoms with Crippen LogP contribution < -0.4 is 4.74 Å². The molecule has 2 fully saturated rings. The zero-order valence-corrected chi connectivity index (χ0v) is 12.0. The molecule has 0 aliphatic heterocycles. The lowest BCUT2D eigenvalue weighted by atomic mass is 9.97. The minimum Gasteiger partial charge on any atom is -0.489 e. The van der Waals surface area contributed by atoms with Crippen LogP contribution in [0.5, 0.6) is 5.75 Å². The first-order chi connectivity index (χ1) is 9.26. The second-order valence-corrected chi connectivity index (χ2v) is 6.03. The average molecular weight is 275 g/mol. The molecule has 0 saturated heterocycles. The van der Waals surface area contributed by atoms with Crippen LogP contribution in [0, 0.1) is 30.6 Å². The van der Waals surface area contributed by atoms with Crippen LogP contribution in [0.1, 0.15) is 36.8 Å². The van der Waals surface area contributed by atoms with Crippen LogP contribution >= 0.6 is 11.6 Å². The molecule has 0 N–H and O–H groups in total. The van der Waals surface area contributed by atoms with E-state index in [-0.39, 0.29) is 0 Å². The summed E-state index contributed by atoms with van der Waals surface area (Å²) in [6.45, 7) is 2.08. The molecule has 3 unspecified atom stereocenters. The van der Waals surface area contributed by atoms with Crippen LogP contribution in [0.4, 0.5) is 0 Å². The molecule has 3 atom stereocenters. The van der Waals surface area contributed by atoms with Crippen LogP contribution in [0.15, 0.2) is 18.2 Å². The first kappa shape index (κ1) is 12.9. The largest absolute Gasteiger partial charge is 0.489 e. The normalized spacial score (nSPS) is 28.0. The van der Waals surface area contributed by atoms with Crippen molar-refractivity contribution in [3.05, 3.63) is 29.3 Å². The van der Waals surface area contributed by atoms with E-state index >= 15 is 0 Å². The van der Waals surface area contributed by atoms with Crippen LogP contribution in [-0.4, -0.2) is 12.0 Å². The first-order valence-electron chi connectivity index (χ1n) is 7.08. The summed E-state index contributed by atoms with van der Waals surface area (Å²) in [7, 11) is 0. The molecule has 3 rings (SSSR count). The maximum Gasteiger partial charge on any atom is 0.135 e. The molecular formula is C17H19ClO. The lowest BCUT2D eigenvalue weighted by Gasteiger charge is -2.23. The van der Waals surface area contributed by atoms with Gasteiger partial charge in [0.25, 0.3) is 0 Å². The molecular weight excluding hydrogens is 256 g/mol. The van der Waals surface area contributed by atoms with Gasteiger partial charge in [0.2, 0.25) is 0 Å². The zero-order valence-electron chi connectivity index (χ0n) is 11.3. The van der Waals surface area contributed by atoms with Gasteiger partial charge in [-0.15, -0.1) is 11.6 Å². The minimum atomic E-state index is 0.363. The Morgan fingerprint density at radius 2 is 2.21 bits per heavy atom. The monoisotopic (exact) mass is 274 g/mol. The van der Waals surface area contributed by atoms with Crippen molar-refractivity contribution in [2.24, 2.45) is 11.8 Å². The predicted octanol–water partition coefficient (Wildman–Crippen LogP) is 4.15. The van der Waals surface area contributed by atoms with Gasteiger partial charge in [0.1, 0.15) is 11.9 Å². The van der Waals surface area contributed by atoms with Crippen molar-refractivity contribution in [1.29, 1.82) is 0 Å². The molecule has 0 amide bonds. The van der Waals surface area contributed by atoms with Gasteiger partial charge in [-0.25, -0.2) is 0 Å². The number of halogens is 1. The Hall–Kier alpha value is -1.13. The van der Waals surface area contributed by atoms with Gasteiger partial charge in [-0.2, -0.15) is 0 Å². The summed E-state index contributed by atoms with van der Waals surface area (Å²) in [5, 5.41) is 0. The molecule has 0 spiro atoms. The molecule has 1 aromatic carbocycles. The van der Waals surface area contributed by atoms with Crippen LogP contribution in [0.25, 0.3) is 0 Å². The van der Waals surface area contributed by atoms with E-state index in [1.54, 1.807) is 0 Å². The van der Waals surface area contributed by atoms with Gasteiger partial charge < -0.3 is 4.74 Å². The molecule has 0 aromatic heterocycles. The van der Waals surface area contributed by atoms with E-state index in [2.05, 4.69) is 37.0 Å². The van der Waals surface area contributed by atoms with Crippen molar-refractivity contribution >= 4 is 11.6 Å². The third-order valence-corrected chi connectivity index (χ3v) is 4.51. The smallest absolute Gasteiger partial charge is 0.135 e. The molecule has 1 nitrogen and oxygen atoms in total. The second kappa shape index (κ2) is 5.47. The molecule has 2 heteroatoms. The number of rotatable bonds is 2. The SMILES string of the molecule is Cc1ccc(OC2CC3CCC2C3)c(C#CCCl)c1. The number of ether oxygens (including phenoxy) is 1. The van der Waals surface area contributed by atoms with Crippen molar-refractivity contribution in [3.63, 3.8) is 0 Å². The highest BCUT2D eigenvalue weighted by molar-refractivity contribution is 6.19. The predicted molar refractivity (Wildman–Crippen MR) is 78.6 cm³/mol. The molecule has 2 aliphatic carbocycles. The fraction of sp³-hybridized carbons (Fsp3) is 0.529. The Labute approximate surface area is 120 Å². The Bertz CT molecular complexity index is 526. The van der Waals surface area contributed by atoms with Crippen molar-refractivity contribution in [2.75, 3.05) is 5.88 Å².